The molecule has 2 heterocycles. The first-order chi connectivity index (χ1) is 11.8. The molecule has 134 valence electrons. The molecule has 1 N–H and O–H groups in total. The van der Waals surface area contributed by atoms with Crippen LogP contribution in [0.25, 0.3) is 0 Å². The number of amides is 1. The maximum Gasteiger partial charge on any atom is 0.265 e. The summed E-state index contributed by atoms with van der Waals surface area (Å²) >= 11 is 7.53. The monoisotopic (exact) mass is 398 g/mol. The molecule has 1 saturated heterocycles. The van der Waals surface area contributed by atoms with E-state index in [0.717, 1.165) is 23.3 Å². The van der Waals surface area contributed by atoms with Crippen LogP contribution >= 0.6 is 22.9 Å². The Morgan fingerprint density at radius 3 is 2.48 bits per heavy atom. The lowest BCUT2D eigenvalue weighted by atomic mass is 10.2. The molecule has 1 aliphatic heterocycles. The number of thiophene rings is 1. The van der Waals surface area contributed by atoms with E-state index in [1.54, 1.807) is 6.07 Å². The molecular weight excluding hydrogens is 380 g/mol. The van der Waals surface area contributed by atoms with E-state index in [0.29, 0.717) is 23.7 Å². The molecular formula is C17H19ClN2O3S2. The minimum Gasteiger partial charge on any atom is -0.321 e. The Balaban J connectivity index is 1.87. The molecule has 0 unspecified atom stereocenters. The van der Waals surface area contributed by atoms with E-state index in [1.807, 2.05) is 19.9 Å². The van der Waals surface area contributed by atoms with Crippen LogP contribution in [0.1, 0.15) is 33.0 Å². The normalized spacial score (nSPS) is 15.5. The van der Waals surface area contributed by atoms with E-state index in [1.165, 1.54) is 27.8 Å². The van der Waals surface area contributed by atoms with Crippen molar-refractivity contribution in [2.75, 3.05) is 18.4 Å². The van der Waals surface area contributed by atoms with Crippen molar-refractivity contribution in [1.29, 1.82) is 0 Å². The van der Waals surface area contributed by atoms with Gasteiger partial charge in [-0.3, -0.25) is 4.79 Å². The summed E-state index contributed by atoms with van der Waals surface area (Å²) in [5.74, 6) is -0.256. The fourth-order valence-corrected chi connectivity index (χ4v) is 5.67. The first-order valence-electron chi connectivity index (χ1n) is 7.97. The number of hydrogen-bond donors (Lipinski definition) is 1. The van der Waals surface area contributed by atoms with Gasteiger partial charge in [0.15, 0.2) is 0 Å². The highest BCUT2D eigenvalue weighted by Crippen LogP contribution is 2.30. The Bertz CT molecular complexity index is 896. The third-order valence-electron chi connectivity index (χ3n) is 4.26. The van der Waals surface area contributed by atoms with Gasteiger partial charge in [-0.25, -0.2) is 8.42 Å². The number of benzene rings is 1. The molecule has 2 aromatic rings. The molecule has 1 aliphatic rings. The SMILES string of the molecule is Cc1cc(C(=O)Nc2ccc(Cl)c(S(=O)(=O)N3CCCC3)c2)sc1C. The Kier molecular flexibility index (Phi) is 5.20. The Morgan fingerprint density at radius 2 is 1.88 bits per heavy atom. The van der Waals surface area contributed by atoms with Crippen molar-refractivity contribution in [3.05, 3.63) is 44.6 Å². The van der Waals surface area contributed by atoms with E-state index >= 15 is 0 Å². The lowest BCUT2D eigenvalue weighted by Crippen LogP contribution is -2.28. The van der Waals surface area contributed by atoms with E-state index in [2.05, 4.69) is 5.32 Å². The van der Waals surface area contributed by atoms with Gasteiger partial charge in [-0.15, -0.1) is 11.3 Å². The second-order valence-corrected chi connectivity index (χ2v) is 9.63. The van der Waals surface area contributed by atoms with Crippen LogP contribution in [0.5, 0.6) is 0 Å². The first kappa shape index (κ1) is 18.4. The second kappa shape index (κ2) is 7.07. The summed E-state index contributed by atoms with van der Waals surface area (Å²) in [5, 5.41) is 2.92. The lowest BCUT2D eigenvalue weighted by molar-refractivity contribution is 0.103. The fraction of sp³-hybridized carbons (Fsp3) is 0.353. The van der Waals surface area contributed by atoms with Gasteiger partial charge >= 0.3 is 0 Å². The Labute approximate surface area is 156 Å². The van der Waals surface area contributed by atoms with Gasteiger partial charge in [-0.2, -0.15) is 4.31 Å². The number of carbonyl (C=O) groups is 1. The summed E-state index contributed by atoms with van der Waals surface area (Å²) in [6.07, 6.45) is 1.70. The van der Waals surface area contributed by atoms with Gasteiger partial charge in [0, 0.05) is 23.7 Å². The van der Waals surface area contributed by atoms with Gasteiger partial charge in [0.05, 0.1) is 9.90 Å². The van der Waals surface area contributed by atoms with Crippen LogP contribution in [0.2, 0.25) is 5.02 Å². The van der Waals surface area contributed by atoms with Crippen LogP contribution in [0.3, 0.4) is 0 Å². The Hall–Kier alpha value is -1.41. The molecule has 1 amide bonds. The summed E-state index contributed by atoms with van der Waals surface area (Å²) < 4.78 is 26.9. The topological polar surface area (TPSA) is 66.5 Å². The average Bonchev–Trinajstić information content (AvgIpc) is 3.20. The van der Waals surface area contributed by atoms with Gasteiger partial charge in [-0.1, -0.05) is 11.6 Å². The van der Waals surface area contributed by atoms with Crippen LogP contribution in [-0.2, 0) is 10.0 Å². The number of hydrogen-bond acceptors (Lipinski definition) is 4. The van der Waals surface area contributed by atoms with Crippen LogP contribution in [0.4, 0.5) is 5.69 Å². The van der Waals surface area contributed by atoms with Crippen molar-refractivity contribution in [1.82, 2.24) is 4.31 Å². The summed E-state index contributed by atoms with van der Waals surface area (Å²) in [4.78, 5) is 14.1. The van der Waals surface area contributed by atoms with Crippen molar-refractivity contribution >= 4 is 44.6 Å². The minimum absolute atomic E-state index is 0.0346. The maximum absolute atomic E-state index is 12.7. The molecule has 8 heteroatoms. The quantitative estimate of drug-likeness (QED) is 0.844. The molecule has 3 rings (SSSR count). The summed E-state index contributed by atoms with van der Waals surface area (Å²) in [7, 11) is -3.64. The third kappa shape index (κ3) is 3.74. The standard InChI is InChI=1S/C17H19ClN2O3S2/c1-11-9-15(24-12(11)2)17(21)19-13-5-6-14(18)16(10-13)25(22,23)20-7-3-4-8-20/h5-6,9-10H,3-4,7-8H2,1-2H3,(H,19,21). The number of nitrogens with one attached hydrogen (secondary N) is 1. The summed E-state index contributed by atoms with van der Waals surface area (Å²) in [6, 6.07) is 6.37. The van der Waals surface area contributed by atoms with Crippen LogP contribution in [-0.4, -0.2) is 31.7 Å². The number of rotatable bonds is 4. The van der Waals surface area contributed by atoms with Crippen LogP contribution in [0.15, 0.2) is 29.2 Å². The van der Waals surface area contributed by atoms with E-state index in [-0.39, 0.29) is 15.8 Å². The maximum atomic E-state index is 12.7. The van der Waals surface area contributed by atoms with Gasteiger partial charge in [0.1, 0.15) is 4.90 Å². The van der Waals surface area contributed by atoms with Crippen molar-refractivity contribution in [2.45, 2.75) is 31.6 Å². The lowest BCUT2D eigenvalue weighted by Gasteiger charge is -2.17. The minimum atomic E-state index is -3.64. The van der Waals surface area contributed by atoms with Gasteiger partial charge in [0.2, 0.25) is 10.0 Å². The zero-order valence-corrected chi connectivity index (χ0v) is 16.4. The Morgan fingerprint density at radius 1 is 1.20 bits per heavy atom. The van der Waals surface area contributed by atoms with E-state index in [9.17, 15) is 13.2 Å². The second-order valence-electron chi connectivity index (χ2n) is 6.06. The predicted octanol–water partition coefficient (Wildman–Crippen LogP) is 4.06. The molecule has 1 fully saturated rings. The number of sulfonamides is 1. The summed E-state index contributed by atoms with van der Waals surface area (Å²) in [5.41, 5.74) is 1.47. The highest BCUT2D eigenvalue weighted by atomic mass is 35.5. The van der Waals surface area contributed by atoms with E-state index < -0.39 is 10.0 Å². The molecule has 0 aliphatic carbocycles. The van der Waals surface area contributed by atoms with Gasteiger partial charge < -0.3 is 5.32 Å². The number of carbonyl (C=O) groups excluding carboxylic acids is 1. The molecule has 1 aromatic heterocycles. The molecule has 0 spiro atoms. The zero-order chi connectivity index (χ0) is 18.2. The largest absolute Gasteiger partial charge is 0.321 e. The highest BCUT2D eigenvalue weighted by Gasteiger charge is 2.29. The molecule has 5 nitrogen and oxygen atoms in total. The van der Waals surface area contributed by atoms with Crippen molar-refractivity contribution in [3.63, 3.8) is 0 Å². The van der Waals surface area contributed by atoms with Gasteiger partial charge in [0.25, 0.3) is 5.91 Å². The smallest absolute Gasteiger partial charge is 0.265 e. The van der Waals surface area contributed by atoms with E-state index in [4.69, 9.17) is 11.6 Å². The predicted molar refractivity (Wildman–Crippen MR) is 101 cm³/mol. The number of halogens is 1. The third-order valence-corrected chi connectivity index (χ3v) is 7.79. The highest BCUT2D eigenvalue weighted by molar-refractivity contribution is 7.89. The average molecular weight is 399 g/mol. The van der Waals surface area contributed by atoms with Crippen LogP contribution in [0, 0.1) is 13.8 Å². The summed E-state index contributed by atoms with van der Waals surface area (Å²) in [6.45, 7) is 4.91. The number of aryl methyl sites for hydroxylation is 2. The molecule has 1 aromatic carbocycles. The van der Waals surface area contributed by atoms with Crippen molar-refractivity contribution in [2.24, 2.45) is 0 Å². The van der Waals surface area contributed by atoms with Crippen LogP contribution < -0.4 is 5.32 Å². The fourth-order valence-electron chi connectivity index (χ4n) is 2.72. The number of anilines is 1. The van der Waals surface area contributed by atoms with Gasteiger partial charge in [-0.05, 0) is 56.5 Å². The molecule has 0 radical (unpaired) electrons. The molecule has 25 heavy (non-hydrogen) atoms. The first-order valence-corrected chi connectivity index (χ1v) is 10.6. The van der Waals surface area contributed by atoms with Crippen molar-refractivity contribution < 1.29 is 13.2 Å². The molecule has 0 bridgehead atoms. The number of nitrogens with zero attached hydrogens (tertiary/aromatic N) is 1. The molecule has 0 saturated carbocycles. The van der Waals surface area contributed by atoms with Crippen molar-refractivity contribution in [3.8, 4) is 0 Å². The zero-order valence-electron chi connectivity index (χ0n) is 14.0. The molecule has 0 atom stereocenters.